The second-order valence-electron chi connectivity index (χ2n) is 5.60. The van der Waals surface area contributed by atoms with E-state index in [-0.39, 0.29) is 24.2 Å². The highest BCUT2D eigenvalue weighted by atomic mass is 16.2. The zero-order valence-corrected chi connectivity index (χ0v) is 13.7. The van der Waals surface area contributed by atoms with Gasteiger partial charge < -0.3 is 0 Å². The minimum absolute atomic E-state index is 0.0747. The highest BCUT2D eigenvalue weighted by Crippen LogP contribution is 2.21. The number of nitrogens with one attached hydrogen (secondary N) is 2. The molecule has 0 bridgehead atoms. The number of aromatic nitrogens is 3. The maximum atomic E-state index is 11.8. The predicted molar refractivity (Wildman–Crippen MR) is 86.6 cm³/mol. The quantitative estimate of drug-likeness (QED) is 0.627. The molecular weight excluding hydrogens is 310 g/mol. The van der Waals surface area contributed by atoms with Crippen LogP contribution in [0.4, 0.5) is 0 Å². The summed E-state index contributed by atoms with van der Waals surface area (Å²) in [5.41, 5.74) is 6.33. The van der Waals surface area contributed by atoms with Crippen LogP contribution < -0.4 is 10.9 Å². The molecule has 1 aromatic carbocycles. The topological polar surface area (TPSA) is 106 Å². The molecule has 0 aliphatic heterocycles. The normalized spacial score (nSPS) is 10.5. The van der Waals surface area contributed by atoms with Crippen LogP contribution in [0.25, 0.3) is 11.3 Å². The molecule has 0 spiro atoms. The summed E-state index contributed by atoms with van der Waals surface area (Å²) in [7, 11) is 0. The van der Waals surface area contributed by atoms with E-state index in [1.807, 2.05) is 0 Å². The second-order valence-corrected chi connectivity index (χ2v) is 5.60. The van der Waals surface area contributed by atoms with Crippen molar-refractivity contribution in [2.75, 3.05) is 0 Å². The summed E-state index contributed by atoms with van der Waals surface area (Å²) in [6, 6.07) is 7.06. The van der Waals surface area contributed by atoms with E-state index in [0.29, 0.717) is 16.8 Å². The number of ketones is 1. The maximum absolute atomic E-state index is 11.8. The van der Waals surface area contributed by atoms with E-state index in [2.05, 4.69) is 21.2 Å². The molecule has 0 atom stereocenters. The minimum atomic E-state index is -0.430. The maximum Gasteiger partial charge on any atom is 0.260 e. The molecule has 24 heavy (non-hydrogen) atoms. The molecule has 8 nitrogen and oxygen atoms in total. The van der Waals surface area contributed by atoms with E-state index < -0.39 is 5.91 Å². The Hall–Kier alpha value is -3.03. The van der Waals surface area contributed by atoms with Gasteiger partial charge in [0, 0.05) is 17.0 Å². The average Bonchev–Trinajstić information content (AvgIpc) is 3.00. The first-order chi connectivity index (χ1) is 11.4. The molecule has 126 valence electrons. The fourth-order valence-electron chi connectivity index (χ4n) is 1.97. The summed E-state index contributed by atoms with van der Waals surface area (Å²) >= 11 is 0. The molecule has 2 aromatic rings. The lowest BCUT2D eigenvalue weighted by molar-refractivity contribution is -0.130. The van der Waals surface area contributed by atoms with Crippen LogP contribution in [-0.4, -0.2) is 32.6 Å². The zero-order valence-electron chi connectivity index (χ0n) is 13.7. The predicted octanol–water partition coefficient (Wildman–Crippen LogP) is 0.951. The van der Waals surface area contributed by atoms with Crippen molar-refractivity contribution in [3.63, 3.8) is 0 Å². The fraction of sp³-hybridized carbons (Fsp3) is 0.312. The summed E-state index contributed by atoms with van der Waals surface area (Å²) < 4.78 is 1.34. The average molecular weight is 329 g/mol. The molecule has 1 heterocycles. The molecule has 0 aliphatic carbocycles. The third-order valence-electron chi connectivity index (χ3n) is 3.28. The molecule has 1 aromatic heterocycles. The molecular formula is C16H19N5O3. The number of carbonyl (C=O) groups excluding carboxylic acids is 3. The number of nitrogens with zero attached hydrogens (tertiary/aromatic N) is 3. The van der Waals surface area contributed by atoms with Crippen molar-refractivity contribution in [2.45, 2.75) is 27.3 Å². The summed E-state index contributed by atoms with van der Waals surface area (Å²) in [5.74, 6) is -1.01. The van der Waals surface area contributed by atoms with Gasteiger partial charge in [-0.25, -0.2) is 4.68 Å². The van der Waals surface area contributed by atoms with Gasteiger partial charge in [0.05, 0.1) is 6.20 Å². The SMILES string of the molecule is CC(=O)c1ccccc1-c1cn(CC(=O)NNC(=O)C(C)C)nn1. The Morgan fingerprint density at radius 2 is 1.88 bits per heavy atom. The van der Waals surface area contributed by atoms with E-state index in [9.17, 15) is 14.4 Å². The number of benzene rings is 1. The molecule has 0 aliphatic rings. The van der Waals surface area contributed by atoms with Gasteiger partial charge in [0.1, 0.15) is 12.2 Å². The molecule has 0 unspecified atom stereocenters. The van der Waals surface area contributed by atoms with Crippen molar-refractivity contribution in [1.82, 2.24) is 25.8 Å². The van der Waals surface area contributed by atoms with Crippen molar-refractivity contribution in [3.8, 4) is 11.3 Å². The summed E-state index contributed by atoms with van der Waals surface area (Å²) in [4.78, 5) is 34.9. The van der Waals surface area contributed by atoms with Crippen LogP contribution in [0.1, 0.15) is 31.1 Å². The van der Waals surface area contributed by atoms with E-state index in [1.54, 1.807) is 44.3 Å². The molecule has 0 fully saturated rings. The molecule has 0 radical (unpaired) electrons. The van der Waals surface area contributed by atoms with Gasteiger partial charge in [-0.2, -0.15) is 0 Å². The molecule has 2 amide bonds. The van der Waals surface area contributed by atoms with Crippen LogP contribution in [0, 0.1) is 5.92 Å². The first-order valence-electron chi connectivity index (χ1n) is 7.47. The van der Waals surface area contributed by atoms with E-state index in [1.165, 1.54) is 11.6 Å². The Morgan fingerprint density at radius 1 is 1.17 bits per heavy atom. The standard InChI is InChI=1S/C16H19N5O3/c1-10(2)16(24)19-18-15(23)9-21-8-14(17-20-21)13-7-5-4-6-12(13)11(3)22/h4-8,10H,9H2,1-3H3,(H,18,23)(H,19,24). The number of hydrazine groups is 1. The fourth-order valence-corrected chi connectivity index (χ4v) is 1.97. The van der Waals surface area contributed by atoms with Gasteiger partial charge in [-0.3, -0.25) is 25.2 Å². The van der Waals surface area contributed by atoms with E-state index in [0.717, 1.165) is 0 Å². The largest absolute Gasteiger partial charge is 0.294 e. The summed E-state index contributed by atoms with van der Waals surface area (Å²) in [5, 5.41) is 7.88. The number of hydrogen-bond donors (Lipinski definition) is 2. The van der Waals surface area contributed by atoms with Gasteiger partial charge in [0.15, 0.2) is 5.78 Å². The molecule has 2 rings (SSSR count). The second kappa shape index (κ2) is 7.49. The van der Waals surface area contributed by atoms with Crippen molar-refractivity contribution >= 4 is 17.6 Å². The molecule has 0 saturated heterocycles. The van der Waals surface area contributed by atoms with Gasteiger partial charge in [0.25, 0.3) is 5.91 Å². The van der Waals surface area contributed by atoms with Crippen molar-refractivity contribution in [2.24, 2.45) is 5.92 Å². The molecule has 0 saturated carbocycles. The van der Waals surface area contributed by atoms with Gasteiger partial charge in [-0.15, -0.1) is 5.10 Å². The summed E-state index contributed by atoms with van der Waals surface area (Å²) in [6.07, 6.45) is 1.58. The van der Waals surface area contributed by atoms with Crippen LogP contribution in [0.3, 0.4) is 0 Å². The van der Waals surface area contributed by atoms with Crippen LogP contribution in [-0.2, 0) is 16.1 Å². The van der Waals surface area contributed by atoms with Gasteiger partial charge in [-0.05, 0) is 6.92 Å². The highest BCUT2D eigenvalue weighted by molar-refractivity contribution is 6.00. The number of rotatable bonds is 5. The zero-order chi connectivity index (χ0) is 17.7. The van der Waals surface area contributed by atoms with Crippen LogP contribution in [0.15, 0.2) is 30.5 Å². The first kappa shape index (κ1) is 17.3. The molecule has 8 heteroatoms. The van der Waals surface area contributed by atoms with Crippen LogP contribution in [0.5, 0.6) is 0 Å². The first-order valence-corrected chi connectivity index (χ1v) is 7.47. The number of amides is 2. The number of hydrogen-bond acceptors (Lipinski definition) is 5. The van der Waals surface area contributed by atoms with Crippen LogP contribution in [0.2, 0.25) is 0 Å². The van der Waals surface area contributed by atoms with Crippen molar-refractivity contribution < 1.29 is 14.4 Å². The van der Waals surface area contributed by atoms with Crippen LogP contribution >= 0.6 is 0 Å². The lowest BCUT2D eigenvalue weighted by atomic mass is 10.0. The van der Waals surface area contributed by atoms with E-state index >= 15 is 0 Å². The Balaban J connectivity index is 2.05. The molecule has 2 N–H and O–H groups in total. The third kappa shape index (κ3) is 4.25. The monoisotopic (exact) mass is 329 g/mol. The Bertz CT molecular complexity index is 767. The number of Topliss-reactive ketones (excluding diaryl/α,β-unsaturated/α-hetero) is 1. The Morgan fingerprint density at radius 3 is 2.54 bits per heavy atom. The minimum Gasteiger partial charge on any atom is -0.294 e. The third-order valence-corrected chi connectivity index (χ3v) is 3.28. The summed E-state index contributed by atoms with van der Waals surface area (Å²) in [6.45, 7) is 4.82. The lowest BCUT2D eigenvalue weighted by Gasteiger charge is -2.08. The Labute approximate surface area is 139 Å². The van der Waals surface area contributed by atoms with E-state index in [4.69, 9.17) is 0 Å². The Kier molecular flexibility index (Phi) is 5.41. The van der Waals surface area contributed by atoms with Gasteiger partial charge in [0.2, 0.25) is 5.91 Å². The van der Waals surface area contributed by atoms with Gasteiger partial charge in [-0.1, -0.05) is 43.3 Å². The van der Waals surface area contributed by atoms with Crippen molar-refractivity contribution in [1.29, 1.82) is 0 Å². The lowest BCUT2D eigenvalue weighted by Crippen LogP contribution is -2.44. The highest BCUT2D eigenvalue weighted by Gasteiger charge is 2.13. The number of carbonyl (C=O) groups is 3. The smallest absolute Gasteiger partial charge is 0.260 e. The van der Waals surface area contributed by atoms with Crippen molar-refractivity contribution in [3.05, 3.63) is 36.0 Å². The van der Waals surface area contributed by atoms with Gasteiger partial charge >= 0.3 is 0 Å².